The monoisotopic (exact) mass is 316 g/mol. The summed E-state index contributed by atoms with van der Waals surface area (Å²) in [5.41, 5.74) is 8.26. The Balaban J connectivity index is 0.00000127. The molecule has 124 valence electrons. The van der Waals surface area contributed by atoms with Crippen molar-refractivity contribution in [3.05, 3.63) is 48.4 Å². The van der Waals surface area contributed by atoms with Gasteiger partial charge in [0.1, 0.15) is 5.82 Å². The van der Waals surface area contributed by atoms with E-state index in [4.69, 9.17) is 5.73 Å². The zero-order valence-electron chi connectivity index (χ0n) is 14.3. The number of nitrogens with zero attached hydrogens (tertiary/aromatic N) is 3. The van der Waals surface area contributed by atoms with Crippen LogP contribution in [0.1, 0.15) is 33.4 Å². The molecule has 2 N–H and O–H groups in total. The lowest BCUT2D eigenvalue weighted by Crippen LogP contribution is -2.25. The van der Waals surface area contributed by atoms with Crippen LogP contribution < -0.4 is 10.6 Å². The summed E-state index contributed by atoms with van der Waals surface area (Å²) in [4.78, 5) is 11.0. The third kappa shape index (κ3) is 4.77. The Bertz CT molecular complexity index is 634. The quantitative estimate of drug-likeness (QED) is 0.903. The Morgan fingerprint density at radius 1 is 1.13 bits per heavy atom. The first-order chi connectivity index (χ1) is 11.0. The minimum Gasteiger partial charge on any atom is -0.397 e. The molecule has 0 saturated heterocycles. The van der Waals surface area contributed by atoms with Crippen molar-refractivity contribution in [2.75, 3.05) is 18.0 Å². The first-order valence-electron chi connectivity index (χ1n) is 7.89. The summed E-state index contributed by atoms with van der Waals surface area (Å²) in [6.07, 6.45) is 0. The maximum absolute atomic E-state index is 13.1. The number of aromatic nitrogens is 2. The predicted molar refractivity (Wildman–Crippen MR) is 95.6 cm³/mol. The van der Waals surface area contributed by atoms with Gasteiger partial charge in [-0.15, -0.1) is 0 Å². The Labute approximate surface area is 137 Å². The average molecular weight is 316 g/mol. The molecule has 0 atom stereocenters. The van der Waals surface area contributed by atoms with Crippen LogP contribution in [0.25, 0.3) is 17.0 Å². The molecule has 2 rings (SSSR count). The van der Waals surface area contributed by atoms with Gasteiger partial charge in [-0.1, -0.05) is 20.4 Å². The zero-order valence-corrected chi connectivity index (χ0v) is 14.3. The fourth-order valence-corrected chi connectivity index (χ4v) is 2.02. The van der Waals surface area contributed by atoms with Crippen LogP contribution in [0.5, 0.6) is 0 Å². The molecule has 23 heavy (non-hydrogen) atoms. The molecule has 0 unspecified atom stereocenters. The van der Waals surface area contributed by atoms with Crippen LogP contribution in [-0.2, 0) is 0 Å². The van der Waals surface area contributed by atoms with Crippen LogP contribution in [0.4, 0.5) is 10.3 Å². The van der Waals surface area contributed by atoms with E-state index in [9.17, 15) is 4.39 Å². The van der Waals surface area contributed by atoms with Crippen molar-refractivity contribution in [1.82, 2.24) is 9.97 Å². The second kappa shape index (κ2) is 8.88. The van der Waals surface area contributed by atoms with Crippen LogP contribution >= 0.6 is 0 Å². The van der Waals surface area contributed by atoms with E-state index in [1.165, 1.54) is 12.1 Å². The summed E-state index contributed by atoms with van der Waals surface area (Å²) in [5.74, 6) is 0.323. The highest BCUT2D eigenvalue weighted by Crippen LogP contribution is 2.22. The molecule has 0 aliphatic heterocycles. The molecule has 4 nitrogen and oxygen atoms in total. The third-order valence-corrected chi connectivity index (χ3v) is 3.23. The van der Waals surface area contributed by atoms with Gasteiger partial charge in [0, 0.05) is 18.7 Å². The fraction of sp³-hybridized carbons (Fsp3) is 0.333. The van der Waals surface area contributed by atoms with E-state index < -0.39 is 0 Å². The maximum atomic E-state index is 13.1. The lowest BCUT2D eigenvalue weighted by Gasteiger charge is -2.20. The lowest BCUT2D eigenvalue weighted by atomic mass is 10.1. The van der Waals surface area contributed by atoms with Gasteiger partial charge in [0.05, 0.1) is 17.1 Å². The summed E-state index contributed by atoms with van der Waals surface area (Å²) >= 11 is 0. The van der Waals surface area contributed by atoms with Crippen LogP contribution in [0, 0.1) is 5.82 Å². The van der Waals surface area contributed by atoms with Crippen molar-refractivity contribution in [3.63, 3.8) is 0 Å². The van der Waals surface area contributed by atoms with Crippen LogP contribution in [0.3, 0.4) is 0 Å². The SMILES string of the molecule is C=C(N)c1cc(-c2ccc(F)cc2)nc(N(CC)CC)n1.CC. The minimum absolute atomic E-state index is 0.278. The number of hydrogen-bond donors (Lipinski definition) is 1. The molecule has 0 radical (unpaired) electrons. The summed E-state index contributed by atoms with van der Waals surface area (Å²) in [6, 6.07) is 7.96. The average Bonchev–Trinajstić information content (AvgIpc) is 2.58. The second-order valence-corrected chi connectivity index (χ2v) is 4.64. The Morgan fingerprint density at radius 3 is 2.17 bits per heavy atom. The van der Waals surface area contributed by atoms with Gasteiger partial charge in [0.2, 0.25) is 5.95 Å². The molecule has 0 amide bonds. The molecule has 5 heteroatoms. The van der Waals surface area contributed by atoms with Gasteiger partial charge in [-0.2, -0.15) is 0 Å². The van der Waals surface area contributed by atoms with Gasteiger partial charge in [-0.05, 0) is 44.2 Å². The van der Waals surface area contributed by atoms with Crippen LogP contribution in [0.15, 0.2) is 36.9 Å². The molecule has 1 aromatic heterocycles. The number of benzene rings is 1. The van der Waals surface area contributed by atoms with Crippen LogP contribution in [-0.4, -0.2) is 23.1 Å². The largest absolute Gasteiger partial charge is 0.397 e. The van der Waals surface area contributed by atoms with E-state index >= 15 is 0 Å². The second-order valence-electron chi connectivity index (χ2n) is 4.64. The standard InChI is InChI=1S/C16H19FN4.C2H6/c1-4-21(5-2)16-19-14(11(3)18)10-15(20-16)12-6-8-13(17)9-7-12;1-2/h6-10H,3-5,18H2,1-2H3;1-2H3. The first kappa shape index (κ1) is 18.6. The van der Waals surface area contributed by atoms with E-state index in [1.807, 2.05) is 32.6 Å². The summed E-state index contributed by atoms with van der Waals surface area (Å²) in [6.45, 7) is 13.4. The van der Waals surface area contributed by atoms with Gasteiger partial charge in [0.25, 0.3) is 0 Å². The Hall–Kier alpha value is -2.43. The lowest BCUT2D eigenvalue weighted by molar-refractivity contribution is 0.628. The molecule has 1 heterocycles. The van der Waals surface area contributed by atoms with Crippen LogP contribution in [0.2, 0.25) is 0 Å². The molecule has 0 aliphatic carbocycles. The molecular formula is C18H25FN4. The van der Waals surface area contributed by atoms with Crippen molar-refractivity contribution in [1.29, 1.82) is 0 Å². The molecule has 1 aromatic carbocycles. The molecule has 0 spiro atoms. The molecule has 0 aliphatic rings. The van der Waals surface area contributed by atoms with Crippen molar-refractivity contribution in [2.24, 2.45) is 5.73 Å². The Morgan fingerprint density at radius 2 is 1.70 bits per heavy atom. The number of halogens is 1. The third-order valence-electron chi connectivity index (χ3n) is 3.23. The zero-order chi connectivity index (χ0) is 17.4. The van der Waals surface area contributed by atoms with E-state index in [-0.39, 0.29) is 5.82 Å². The number of nitrogens with two attached hydrogens (primary N) is 1. The number of rotatable bonds is 5. The molecule has 0 bridgehead atoms. The first-order valence-corrected chi connectivity index (χ1v) is 7.89. The summed E-state index contributed by atoms with van der Waals surface area (Å²) < 4.78 is 13.1. The molecule has 2 aromatic rings. The van der Waals surface area contributed by atoms with Gasteiger partial charge in [-0.3, -0.25) is 0 Å². The van der Waals surface area contributed by atoms with Gasteiger partial charge >= 0.3 is 0 Å². The van der Waals surface area contributed by atoms with E-state index in [0.717, 1.165) is 18.7 Å². The highest BCUT2D eigenvalue weighted by Gasteiger charge is 2.11. The van der Waals surface area contributed by atoms with Crippen molar-refractivity contribution in [3.8, 4) is 11.3 Å². The highest BCUT2D eigenvalue weighted by molar-refractivity contribution is 5.67. The molecule has 0 fully saturated rings. The normalized spacial score (nSPS) is 9.78. The predicted octanol–water partition coefficient (Wildman–Crippen LogP) is 4.08. The molecular weight excluding hydrogens is 291 g/mol. The topological polar surface area (TPSA) is 55.0 Å². The summed E-state index contributed by atoms with van der Waals surface area (Å²) in [7, 11) is 0. The van der Waals surface area contributed by atoms with E-state index in [0.29, 0.717) is 23.0 Å². The van der Waals surface area contributed by atoms with Crippen molar-refractivity contribution < 1.29 is 4.39 Å². The maximum Gasteiger partial charge on any atom is 0.226 e. The fourth-order valence-electron chi connectivity index (χ4n) is 2.02. The van der Waals surface area contributed by atoms with Gasteiger partial charge < -0.3 is 10.6 Å². The van der Waals surface area contributed by atoms with E-state index in [1.54, 1.807) is 18.2 Å². The smallest absolute Gasteiger partial charge is 0.226 e. The Kier molecular flexibility index (Phi) is 7.19. The van der Waals surface area contributed by atoms with Crippen molar-refractivity contribution >= 4 is 11.6 Å². The highest BCUT2D eigenvalue weighted by atomic mass is 19.1. The number of anilines is 1. The van der Waals surface area contributed by atoms with E-state index in [2.05, 4.69) is 16.5 Å². The minimum atomic E-state index is -0.278. The number of hydrogen-bond acceptors (Lipinski definition) is 4. The van der Waals surface area contributed by atoms with Gasteiger partial charge in [-0.25, -0.2) is 14.4 Å². The summed E-state index contributed by atoms with van der Waals surface area (Å²) in [5, 5.41) is 0. The molecule has 0 saturated carbocycles. The van der Waals surface area contributed by atoms with Gasteiger partial charge in [0.15, 0.2) is 0 Å². The van der Waals surface area contributed by atoms with Crippen molar-refractivity contribution in [2.45, 2.75) is 27.7 Å².